The van der Waals surface area contributed by atoms with Crippen LogP contribution >= 0.6 is 0 Å². The molecule has 4 heteroatoms. The van der Waals surface area contributed by atoms with E-state index in [0.717, 1.165) is 17.8 Å². The highest BCUT2D eigenvalue weighted by Crippen LogP contribution is 2.13. The van der Waals surface area contributed by atoms with Crippen molar-refractivity contribution in [1.82, 2.24) is 9.78 Å². The highest BCUT2D eigenvalue weighted by molar-refractivity contribution is 5.45. The Labute approximate surface area is 126 Å². The molecule has 1 aromatic carbocycles. The zero-order valence-corrected chi connectivity index (χ0v) is 12.8. The summed E-state index contributed by atoms with van der Waals surface area (Å²) in [5.74, 6) is 0. The van der Waals surface area contributed by atoms with Gasteiger partial charge in [-0.2, -0.15) is 5.10 Å². The fourth-order valence-electron chi connectivity index (χ4n) is 2.29. The van der Waals surface area contributed by atoms with Crippen LogP contribution < -0.4 is 5.32 Å². The minimum atomic E-state index is 0.119. The van der Waals surface area contributed by atoms with Gasteiger partial charge >= 0.3 is 0 Å². The van der Waals surface area contributed by atoms with Crippen molar-refractivity contribution < 1.29 is 5.11 Å². The first-order valence-corrected chi connectivity index (χ1v) is 7.77. The number of rotatable bonds is 9. The molecule has 1 aromatic heterocycles. The van der Waals surface area contributed by atoms with Gasteiger partial charge in [-0.3, -0.25) is 4.68 Å². The molecule has 2 aromatic rings. The Morgan fingerprint density at radius 2 is 1.95 bits per heavy atom. The second-order valence-electron chi connectivity index (χ2n) is 5.34. The lowest BCUT2D eigenvalue weighted by Gasteiger charge is -2.06. The van der Waals surface area contributed by atoms with Crippen LogP contribution in [0.15, 0.2) is 36.7 Å². The van der Waals surface area contributed by atoms with Crippen LogP contribution in [0, 0.1) is 0 Å². The molecule has 0 amide bonds. The molecule has 0 aliphatic carbocycles. The maximum Gasteiger partial charge on any atom is 0.0640 e. The van der Waals surface area contributed by atoms with Crippen molar-refractivity contribution in [2.75, 3.05) is 11.9 Å². The molecular weight excluding hydrogens is 262 g/mol. The molecule has 114 valence electrons. The number of unbranched alkanes of at least 4 members (excludes halogenated alkanes) is 2. The lowest BCUT2D eigenvalue weighted by Crippen LogP contribution is -2.02. The van der Waals surface area contributed by atoms with Gasteiger partial charge in [0, 0.05) is 24.0 Å². The third-order valence-electron chi connectivity index (χ3n) is 3.54. The average Bonchev–Trinajstić information content (AvgIpc) is 2.95. The minimum absolute atomic E-state index is 0.119. The van der Waals surface area contributed by atoms with Crippen molar-refractivity contribution in [1.29, 1.82) is 0 Å². The first kappa shape index (κ1) is 15.6. The zero-order valence-electron chi connectivity index (χ0n) is 12.8. The summed E-state index contributed by atoms with van der Waals surface area (Å²) in [6, 6.07) is 8.68. The molecule has 0 saturated carbocycles. The number of benzene rings is 1. The summed E-state index contributed by atoms with van der Waals surface area (Å²) in [5, 5.41) is 16.4. The lowest BCUT2D eigenvalue weighted by atomic mass is 10.1. The van der Waals surface area contributed by atoms with Gasteiger partial charge in [0.05, 0.1) is 19.3 Å². The van der Waals surface area contributed by atoms with Crippen molar-refractivity contribution in [3.8, 4) is 0 Å². The predicted octanol–water partition coefficient (Wildman–Crippen LogP) is 3.22. The van der Waals surface area contributed by atoms with Crippen LogP contribution in [0.25, 0.3) is 0 Å². The number of hydrogen-bond donors (Lipinski definition) is 2. The van der Waals surface area contributed by atoms with Crippen molar-refractivity contribution in [3.63, 3.8) is 0 Å². The standard InChI is InChI=1S/C17H25N3O/c1-2-3-4-5-15-6-8-17(9-7-15)18-12-16-13-19-20(14-16)10-11-21/h6-9,13-14,18,21H,2-5,10-12H2,1H3. The SMILES string of the molecule is CCCCCc1ccc(NCc2cnn(CCO)c2)cc1. The Hall–Kier alpha value is -1.81. The number of hydrogen-bond acceptors (Lipinski definition) is 3. The Kier molecular flexibility index (Phi) is 6.28. The Morgan fingerprint density at radius 3 is 2.67 bits per heavy atom. The summed E-state index contributed by atoms with van der Waals surface area (Å²) in [6.45, 7) is 3.65. The summed E-state index contributed by atoms with van der Waals surface area (Å²) in [4.78, 5) is 0. The number of aryl methyl sites for hydroxylation is 1. The summed E-state index contributed by atoms with van der Waals surface area (Å²) >= 11 is 0. The molecule has 4 nitrogen and oxygen atoms in total. The van der Waals surface area contributed by atoms with Crippen LogP contribution in [0.2, 0.25) is 0 Å². The number of aliphatic hydroxyl groups excluding tert-OH is 1. The third kappa shape index (κ3) is 5.23. The van der Waals surface area contributed by atoms with Gasteiger partial charge in [0.25, 0.3) is 0 Å². The van der Waals surface area contributed by atoms with E-state index >= 15 is 0 Å². The molecule has 0 spiro atoms. The van der Waals surface area contributed by atoms with E-state index in [1.165, 1.54) is 31.2 Å². The van der Waals surface area contributed by atoms with Crippen molar-refractivity contribution >= 4 is 5.69 Å². The molecular formula is C17H25N3O. The summed E-state index contributed by atoms with van der Waals surface area (Å²) in [6.07, 6.45) is 8.81. The third-order valence-corrected chi connectivity index (χ3v) is 3.54. The molecule has 21 heavy (non-hydrogen) atoms. The molecule has 0 aliphatic rings. The molecule has 0 fully saturated rings. The van der Waals surface area contributed by atoms with E-state index in [1.807, 2.05) is 12.4 Å². The predicted molar refractivity (Wildman–Crippen MR) is 86.3 cm³/mol. The molecule has 2 N–H and O–H groups in total. The van der Waals surface area contributed by atoms with Crippen molar-refractivity contribution in [2.45, 2.75) is 45.7 Å². The number of anilines is 1. The molecule has 0 bridgehead atoms. The lowest BCUT2D eigenvalue weighted by molar-refractivity contribution is 0.269. The molecule has 2 rings (SSSR count). The van der Waals surface area contributed by atoms with Gasteiger partial charge in [0.2, 0.25) is 0 Å². The zero-order chi connectivity index (χ0) is 14.9. The van der Waals surface area contributed by atoms with Crippen LogP contribution in [0.5, 0.6) is 0 Å². The van der Waals surface area contributed by atoms with E-state index in [2.05, 4.69) is 41.6 Å². The van der Waals surface area contributed by atoms with Gasteiger partial charge in [0.15, 0.2) is 0 Å². The molecule has 0 saturated heterocycles. The summed E-state index contributed by atoms with van der Waals surface area (Å²) in [7, 11) is 0. The monoisotopic (exact) mass is 287 g/mol. The Bertz CT molecular complexity index is 519. The van der Waals surface area contributed by atoms with E-state index < -0.39 is 0 Å². The van der Waals surface area contributed by atoms with E-state index in [1.54, 1.807) is 4.68 Å². The topological polar surface area (TPSA) is 50.1 Å². The number of nitrogens with one attached hydrogen (secondary N) is 1. The number of nitrogens with zero attached hydrogens (tertiary/aromatic N) is 2. The van der Waals surface area contributed by atoms with Gasteiger partial charge in [-0.05, 0) is 30.5 Å². The molecule has 1 heterocycles. The molecule has 0 aliphatic heterocycles. The van der Waals surface area contributed by atoms with Crippen LogP contribution in [0.4, 0.5) is 5.69 Å². The highest BCUT2D eigenvalue weighted by Gasteiger charge is 1.99. The van der Waals surface area contributed by atoms with Crippen LogP contribution in [-0.4, -0.2) is 21.5 Å². The van der Waals surface area contributed by atoms with Gasteiger partial charge in [-0.15, -0.1) is 0 Å². The Morgan fingerprint density at radius 1 is 1.14 bits per heavy atom. The second kappa shape index (κ2) is 8.47. The maximum atomic E-state index is 8.86. The van der Waals surface area contributed by atoms with E-state index in [4.69, 9.17) is 5.11 Å². The van der Waals surface area contributed by atoms with Crippen LogP contribution in [0.1, 0.15) is 37.3 Å². The molecule has 0 radical (unpaired) electrons. The molecule has 0 unspecified atom stereocenters. The number of aromatic nitrogens is 2. The quantitative estimate of drug-likeness (QED) is 0.696. The second-order valence-corrected chi connectivity index (χ2v) is 5.34. The van der Waals surface area contributed by atoms with Crippen molar-refractivity contribution in [2.24, 2.45) is 0 Å². The van der Waals surface area contributed by atoms with E-state index in [9.17, 15) is 0 Å². The van der Waals surface area contributed by atoms with E-state index in [0.29, 0.717) is 6.54 Å². The van der Waals surface area contributed by atoms with Gasteiger partial charge in [-0.25, -0.2) is 0 Å². The van der Waals surface area contributed by atoms with Crippen LogP contribution in [0.3, 0.4) is 0 Å². The summed E-state index contributed by atoms with van der Waals surface area (Å²) < 4.78 is 1.76. The van der Waals surface area contributed by atoms with Gasteiger partial charge in [-0.1, -0.05) is 31.9 Å². The fraction of sp³-hybridized carbons (Fsp3) is 0.471. The van der Waals surface area contributed by atoms with Crippen molar-refractivity contribution in [3.05, 3.63) is 47.8 Å². The largest absolute Gasteiger partial charge is 0.394 e. The molecule has 0 atom stereocenters. The maximum absolute atomic E-state index is 8.86. The smallest absolute Gasteiger partial charge is 0.0640 e. The van der Waals surface area contributed by atoms with E-state index in [-0.39, 0.29) is 6.61 Å². The number of aliphatic hydroxyl groups is 1. The highest BCUT2D eigenvalue weighted by atomic mass is 16.3. The first-order chi connectivity index (χ1) is 10.3. The first-order valence-electron chi connectivity index (χ1n) is 7.77. The average molecular weight is 287 g/mol. The van der Waals surface area contributed by atoms with Gasteiger partial charge in [0.1, 0.15) is 0 Å². The van der Waals surface area contributed by atoms with Gasteiger partial charge < -0.3 is 10.4 Å². The summed E-state index contributed by atoms with van der Waals surface area (Å²) in [5.41, 5.74) is 3.66. The minimum Gasteiger partial charge on any atom is -0.394 e. The van der Waals surface area contributed by atoms with Crippen LogP contribution in [-0.2, 0) is 19.5 Å². The Balaban J connectivity index is 1.79. The normalized spacial score (nSPS) is 10.8. The fourth-order valence-corrected chi connectivity index (χ4v) is 2.29.